The van der Waals surface area contributed by atoms with Crippen molar-refractivity contribution in [3.05, 3.63) is 46.4 Å². The van der Waals surface area contributed by atoms with Crippen LogP contribution in [0.2, 0.25) is 10.0 Å². The molecule has 0 radical (unpaired) electrons. The summed E-state index contributed by atoms with van der Waals surface area (Å²) in [7, 11) is -2.38. The lowest BCUT2D eigenvalue weighted by atomic mass is 10.3. The van der Waals surface area contributed by atoms with Gasteiger partial charge in [-0.3, -0.25) is 4.72 Å². The fourth-order valence-corrected chi connectivity index (χ4v) is 3.40. The average molecular weight is 347 g/mol. The molecule has 0 aliphatic rings. The van der Waals surface area contributed by atoms with Crippen LogP contribution in [-0.4, -0.2) is 15.5 Å². The largest absolute Gasteiger partial charge is 0.497 e. The van der Waals surface area contributed by atoms with Crippen molar-refractivity contribution in [2.24, 2.45) is 0 Å². The van der Waals surface area contributed by atoms with E-state index >= 15 is 0 Å². The molecule has 2 aromatic rings. The number of nitrogens with one attached hydrogen (secondary N) is 1. The van der Waals surface area contributed by atoms with E-state index in [1.54, 1.807) is 0 Å². The summed E-state index contributed by atoms with van der Waals surface area (Å²) in [6.45, 7) is 0. The summed E-state index contributed by atoms with van der Waals surface area (Å²) in [5, 5.41) is 0.644. The number of benzene rings is 2. The molecule has 0 aliphatic carbocycles. The van der Waals surface area contributed by atoms with Crippen molar-refractivity contribution < 1.29 is 13.2 Å². The summed E-state index contributed by atoms with van der Waals surface area (Å²) in [4.78, 5) is -0.0561. The van der Waals surface area contributed by atoms with Gasteiger partial charge in [0.05, 0.1) is 18.5 Å². The van der Waals surface area contributed by atoms with Crippen LogP contribution >= 0.6 is 23.2 Å². The first-order valence-electron chi connectivity index (χ1n) is 5.74. The van der Waals surface area contributed by atoms with E-state index in [0.717, 1.165) is 0 Å². The Morgan fingerprint density at radius 3 is 2.24 bits per heavy atom. The van der Waals surface area contributed by atoms with Gasteiger partial charge in [-0.15, -0.1) is 0 Å². The highest BCUT2D eigenvalue weighted by molar-refractivity contribution is 7.92. The fourth-order valence-electron chi connectivity index (χ4n) is 1.72. The monoisotopic (exact) mass is 346 g/mol. The van der Waals surface area contributed by atoms with Crippen LogP contribution in [0, 0.1) is 0 Å². The van der Waals surface area contributed by atoms with Crippen LogP contribution in [0.5, 0.6) is 5.75 Å². The quantitative estimate of drug-likeness (QED) is 0.831. The summed E-state index contributed by atoms with van der Waals surface area (Å²) in [5.41, 5.74) is 6.08. The van der Waals surface area contributed by atoms with Gasteiger partial charge in [0.15, 0.2) is 0 Å². The molecule has 0 heterocycles. The molecule has 0 fully saturated rings. The number of rotatable bonds is 4. The maximum absolute atomic E-state index is 12.3. The predicted molar refractivity (Wildman–Crippen MR) is 84.7 cm³/mol. The Labute approximate surface area is 132 Å². The van der Waals surface area contributed by atoms with E-state index in [2.05, 4.69) is 4.72 Å². The van der Waals surface area contributed by atoms with Crippen molar-refractivity contribution in [3.8, 4) is 5.75 Å². The first-order valence-corrected chi connectivity index (χ1v) is 7.98. The summed E-state index contributed by atoms with van der Waals surface area (Å²) in [6.07, 6.45) is 0. The lowest BCUT2D eigenvalue weighted by molar-refractivity contribution is 0.414. The zero-order chi connectivity index (χ0) is 15.6. The summed E-state index contributed by atoms with van der Waals surface area (Å²) in [5.74, 6) is 0.470. The topological polar surface area (TPSA) is 81.4 Å². The molecule has 5 nitrogen and oxygen atoms in total. The molecule has 0 aromatic heterocycles. The van der Waals surface area contributed by atoms with Gasteiger partial charge in [-0.05, 0) is 30.3 Å². The molecular formula is C13H12Cl2N2O3S. The van der Waals surface area contributed by atoms with Crippen molar-refractivity contribution in [3.63, 3.8) is 0 Å². The van der Waals surface area contributed by atoms with Crippen molar-refractivity contribution in [1.29, 1.82) is 0 Å². The van der Waals surface area contributed by atoms with Gasteiger partial charge < -0.3 is 10.5 Å². The molecule has 0 saturated heterocycles. The molecule has 8 heteroatoms. The highest BCUT2D eigenvalue weighted by Crippen LogP contribution is 2.28. The van der Waals surface area contributed by atoms with E-state index in [1.807, 2.05) is 0 Å². The van der Waals surface area contributed by atoms with Crippen molar-refractivity contribution in [2.45, 2.75) is 4.90 Å². The molecule has 2 aromatic carbocycles. The van der Waals surface area contributed by atoms with Crippen molar-refractivity contribution in [2.75, 3.05) is 17.6 Å². The molecule has 21 heavy (non-hydrogen) atoms. The second-order valence-electron chi connectivity index (χ2n) is 4.17. The number of sulfonamides is 1. The smallest absolute Gasteiger partial charge is 0.263 e. The number of nitrogens with two attached hydrogens (primary N) is 1. The zero-order valence-corrected chi connectivity index (χ0v) is 13.3. The van der Waals surface area contributed by atoms with E-state index in [4.69, 9.17) is 33.7 Å². The summed E-state index contributed by atoms with van der Waals surface area (Å²) >= 11 is 11.7. The zero-order valence-electron chi connectivity index (χ0n) is 10.9. The first-order chi connectivity index (χ1) is 9.81. The van der Waals surface area contributed by atoms with Crippen LogP contribution in [0.3, 0.4) is 0 Å². The van der Waals surface area contributed by atoms with Crippen LogP contribution in [0.4, 0.5) is 11.4 Å². The second-order valence-corrected chi connectivity index (χ2v) is 6.69. The number of hydrogen-bond acceptors (Lipinski definition) is 4. The number of methoxy groups -OCH3 is 1. The minimum atomic E-state index is -3.85. The van der Waals surface area contributed by atoms with Gasteiger partial charge in [0.2, 0.25) is 0 Å². The molecule has 0 aliphatic heterocycles. The highest BCUT2D eigenvalue weighted by atomic mass is 35.5. The fraction of sp³-hybridized carbons (Fsp3) is 0.0769. The standard InChI is InChI=1S/C13H12Cl2N2O3S/c1-20-11-2-3-13(12(16)7-11)21(18,19)17-10-5-8(14)4-9(15)6-10/h2-7,17H,16H2,1H3. The molecule has 0 amide bonds. The molecule has 112 valence electrons. The van der Waals surface area contributed by atoms with Crippen LogP contribution in [0.15, 0.2) is 41.3 Å². The van der Waals surface area contributed by atoms with E-state index in [0.29, 0.717) is 15.8 Å². The molecule has 2 rings (SSSR count). The molecule has 0 unspecified atom stereocenters. The Morgan fingerprint density at radius 2 is 1.71 bits per heavy atom. The summed E-state index contributed by atoms with van der Waals surface area (Å²) < 4.78 is 32.0. The molecular weight excluding hydrogens is 335 g/mol. The SMILES string of the molecule is COc1ccc(S(=O)(=O)Nc2cc(Cl)cc(Cl)c2)c(N)c1. The Bertz CT molecular complexity index is 759. The van der Waals surface area contributed by atoms with Crippen LogP contribution in [-0.2, 0) is 10.0 Å². The number of hydrogen-bond donors (Lipinski definition) is 2. The minimum absolute atomic E-state index is 0.0561. The third-order valence-electron chi connectivity index (χ3n) is 2.62. The molecule has 0 bridgehead atoms. The van der Waals surface area contributed by atoms with Crippen molar-refractivity contribution >= 4 is 44.6 Å². The van der Waals surface area contributed by atoms with Gasteiger partial charge in [0.25, 0.3) is 10.0 Å². The lowest BCUT2D eigenvalue weighted by Crippen LogP contribution is -2.14. The highest BCUT2D eigenvalue weighted by Gasteiger charge is 2.18. The van der Waals surface area contributed by atoms with Gasteiger partial charge >= 0.3 is 0 Å². The van der Waals surface area contributed by atoms with Gasteiger partial charge in [0, 0.05) is 16.1 Å². The van der Waals surface area contributed by atoms with Crippen LogP contribution in [0.25, 0.3) is 0 Å². The maximum atomic E-state index is 12.3. The number of halogens is 2. The molecule has 3 N–H and O–H groups in total. The van der Waals surface area contributed by atoms with E-state index < -0.39 is 10.0 Å². The van der Waals surface area contributed by atoms with Gasteiger partial charge in [-0.1, -0.05) is 23.2 Å². The first kappa shape index (κ1) is 15.8. The van der Waals surface area contributed by atoms with Crippen molar-refractivity contribution in [1.82, 2.24) is 0 Å². The van der Waals surface area contributed by atoms with Crippen LogP contribution < -0.4 is 15.2 Å². The average Bonchev–Trinajstić information content (AvgIpc) is 2.36. The molecule has 0 spiro atoms. The number of nitrogen functional groups attached to an aromatic ring is 1. The van der Waals surface area contributed by atoms with Gasteiger partial charge in [-0.25, -0.2) is 8.42 Å². The third-order valence-corrected chi connectivity index (χ3v) is 4.51. The minimum Gasteiger partial charge on any atom is -0.497 e. The van der Waals surface area contributed by atoms with E-state index in [9.17, 15) is 8.42 Å². The second kappa shape index (κ2) is 6.01. The molecule has 0 saturated carbocycles. The normalized spacial score (nSPS) is 11.2. The Balaban J connectivity index is 2.38. The third kappa shape index (κ3) is 3.72. The predicted octanol–water partition coefficient (Wildman–Crippen LogP) is 3.39. The lowest BCUT2D eigenvalue weighted by Gasteiger charge is -2.11. The number of anilines is 2. The Kier molecular flexibility index (Phi) is 4.51. The maximum Gasteiger partial charge on any atom is 0.263 e. The Morgan fingerprint density at radius 1 is 1.10 bits per heavy atom. The van der Waals surface area contributed by atoms with Gasteiger partial charge in [-0.2, -0.15) is 0 Å². The number of ether oxygens (including phenoxy) is 1. The summed E-state index contributed by atoms with van der Waals surface area (Å²) in [6, 6.07) is 8.70. The van der Waals surface area contributed by atoms with Crippen LogP contribution in [0.1, 0.15) is 0 Å². The van der Waals surface area contributed by atoms with Gasteiger partial charge in [0.1, 0.15) is 10.6 Å². The van der Waals surface area contributed by atoms with E-state index in [1.165, 1.54) is 43.5 Å². The van der Waals surface area contributed by atoms with E-state index in [-0.39, 0.29) is 16.3 Å². The Hall–Kier alpha value is -1.63. The molecule has 0 atom stereocenters.